The van der Waals surface area contributed by atoms with Crippen molar-refractivity contribution >= 4 is 21.4 Å². The van der Waals surface area contributed by atoms with Crippen molar-refractivity contribution in [2.75, 3.05) is 11.6 Å². The van der Waals surface area contributed by atoms with Crippen molar-refractivity contribution in [3.8, 4) is 0 Å². The van der Waals surface area contributed by atoms with Gasteiger partial charge in [0.1, 0.15) is 5.25 Å². The number of rotatable bonds is 3. The van der Waals surface area contributed by atoms with Crippen LogP contribution in [0.1, 0.15) is 33.3 Å². The number of carbonyl (C=O) groups excluding carboxylic acids is 1. The Morgan fingerprint density at radius 2 is 1.63 bits per heavy atom. The van der Waals surface area contributed by atoms with E-state index in [9.17, 15) is 13.2 Å². The molecule has 0 heterocycles. The molecule has 0 saturated heterocycles. The van der Waals surface area contributed by atoms with E-state index in [4.69, 9.17) is 0 Å². The molecule has 0 radical (unpaired) electrons. The summed E-state index contributed by atoms with van der Waals surface area (Å²) < 4.78 is 22.6. The highest BCUT2D eigenvalue weighted by molar-refractivity contribution is 7.92. The molecule has 106 valence electrons. The smallest absolute Gasteiger partial charge is 0.242 e. The molecular weight excluding hydrogens is 262 g/mol. The van der Waals surface area contributed by atoms with E-state index in [1.54, 1.807) is 12.1 Å². The van der Waals surface area contributed by atoms with Crippen molar-refractivity contribution in [2.24, 2.45) is 0 Å². The zero-order chi connectivity index (χ0) is 14.8. The fourth-order valence-corrected chi connectivity index (χ4v) is 1.94. The zero-order valence-electron chi connectivity index (χ0n) is 12.0. The molecule has 19 heavy (non-hydrogen) atoms. The number of hydrogen-bond donors (Lipinski definition) is 1. The molecule has 1 atom stereocenters. The highest BCUT2D eigenvalue weighted by Crippen LogP contribution is 2.23. The van der Waals surface area contributed by atoms with Gasteiger partial charge in [0.25, 0.3) is 0 Å². The summed E-state index contributed by atoms with van der Waals surface area (Å²) in [5, 5.41) is 1.56. The average Bonchev–Trinajstić information content (AvgIpc) is 2.26. The van der Waals surface area contributed by atoms with Gasteiger partial charge in [0.05, 0.1) is 0 Å². The van der Waals surface area contributed by atoms with Crippen LogP contribution in [0, 0.1) is 0 Å². The predicted octanol–water partition coefficient (Wildman–Crippen LogP) is 2.36. The average molecular weight is 283 g/mol. The van der Waals surface area contributed by atoms with Crippen LogP contribution in [-0.4, -0.2) is 25.8 Å². The van der Waals surface area contributed by atoms with E-state index in [2.05, 4.69) is 26.1 Å². The van der Waals surface area contributed by atoms with Crippen LogP contribution in [-0.2, 0) is 20.0 Å². The van der Waals surface area contributed by atoms with Crippen molar-refractivity contribution in [3.05, 3.63) is 29.8 Å². The first-order valence-corrected chi connectivity index (χ1v) is 8.07. The van der Waals surface area contributed by atoms with Crippen LogP contribution in [0.5, 0.6) is 0 Å². The molecule has 1 amide bonds. The Balaban J connectivity index is 2.82. The van der Waals surface area contributed by atoms with Crippen LogP contribution in [0.25, 0.3) is 0 Å². The Hall–Kier alpha value is -1.36. The standard InChI is InChI=1S/C14H21NO3S/c1-10(19(5,17)18)13(16)15-12-8-6-11(7-9-12)14(2,3)4/h6-10H,1-5H3,(H,15,16)/t10-/m0/s1. The van der Waals surface area contributed by atoms with Crippen LogP contribution in [0.4, 0.5) is 5.69 Å². The van der Waals surface area contributed by atoms with Gasteiger partial charge < -0.3 is 5.32 Å². The number of nitrogens with one attached hydrogen (secondary N) is 1. The summed E-state index contributed by atoms with van der Waals surface area (Å²) in [7, 11) is -3.37. The normalized spacial score (nSPS) is 13.9. The van der Waals surface area contributed by atoms with E-state index in [0.29, 0.717) is 5.69 Å². The third-order valence-corrected chi connectivity index (χ3v) is 4.53. The summed E-state index contributed by atoms with van der Waals surface area (Å²) in [6.45, 7) is 7.69. The minimum Gasteiger partial charge on any atom is -0.325 e. The molecule has 1 aromatic rings. The third-order valence-electron chi connectivity index (χ3n) is 3.03. The lowest BCUT2D eigenvalue weighted by Crippen LogP contribution is -2.31. The molecule has 0 aliphatic carbocycles. The van der Waals surface area contributed by atoms with E-state index in [1.165, 1.54) is 6.92 Å². The summed E-state index contributed by atoms with van der Waals surface area (Å²) in [5.41, 5.74) is 1.80. The second kappa shape index (κ2) is 5.33. The maximum Gasteiger partial charge on any atom is 0.242 e. The quantitative estimate of drug-likeness (QED) is 0.926. The van der Waals surface area contributed by atoms with Gasteiger partial charge in [-0.2, -0.15) is 0 Å². The van der Waals surface area contributed by atoms with E-state index in [-0.39, 0.29) is 5.41 Å². The minimum absolute atomic E-state index is 0.0442. The van der Waals surface area contributed by atoms with E-state index < -0.39 is 21.0 Å². The first-order chi connectivity index (χ1) is 8.51. The Bertz CT molecular complexity index is 553. The lowest BCUT2D eigenvalue weighted by atomic mass is 9.87. The van der Waals surface area contributed by atoms with Gasteiger partial charge in [0.15, 0.2) is 9.84 Å². The van der Waals surface area contributed by atoms with Gasteiger partial charge in [-0.05, 0) is 30.0 Å². The Kier molecular flexibility index (Phi) is 4.40. The zero-order valence-corrected chi connectivity index (χ0v) is 12.8. The van der Waals surface area contributed by atoms with Crippen molar-refractivity contribution in [1.29, 1.82) is 0 Å². The molecule has 0 aliphatic rings. The van der Waals surface area contributed by atoms with E-state index in [1.807, 2.05) is 12.1 Å². The minimum atomic E-state index is -3.37. The largest absolute Gasteiger partial charge is 0.325 e. The summed E-state index contributed by atoms with van der Waals surface area (Å²) in [5.74, 6) is -0.508. The molecule has 1 N–H and O–H groups in total. The molecule has 0 aromatic heterocycles. The molecule has 0 fully saturated rings. The number of hydrogen-bond acceptors (Lipinski definition) is 3. The lowest BCUT2D eigenvalue weighted by Gasteiger charge is -2.19. The summed E-state index contributed by atoms with van der Waals surface area (Å²) in [4.78, 5) is 11.8. The highest BCUT2D eigenvalue weighted by atomic mass is 32.2. The van der Waals surface area contributed by atoms with Gasteiger partial charge in [-0.3, -0.25) is 4.79 Å². The van der Waals surface area contributed by atoms with Crippen LogP contribution < -0.4 is 5.32 Å². The highest BCUT2D eigenvalue weighted by Gasteiger charge is 2.23. The number of benzene rings is 1. The molecular formula is C14H21NO3S. The maximum atomic E-state index is 11.8. The van der Waals surface area contributed by atoms with E-state index in [0.717, 1.165) is 11.8 Å². The maximum absolute atomic E-state index is 11.8. The molecule has 0 unspecified atom stereocenters. The topological polar surface area (TPSA) is 63.2 Å². The summed E-state index contributed by atoms with van der Waals surface area (Å²) in [6.07, 6.45) is 1.06. The van der Waals surface area contributed by atoms with Crippen molar-refractivity contribution in [1.82, 2.24) is 0 Å². The second-order valence-corrected chi connectivity index (χ2v) is 8.15. The Morgan fingerprint density at radius 3 is 2.00 bits per heavy atom. The van der Waals surface area contributed by atoms with Crippen LogP contribution in [0.2, 0.25) is 0 Å². The Morgan fingerprint density at radius 1 is 1.16 bits per heavy atom. The molecule has 0 spiro atoms. The number of carbonyl (C=O) groups is 1. The molecule has 1 aromatic carbocycles. The Labute approximate surface area is 115 Å². The summed E-state index contributed by atoms with van der Waals surface area (Å²) >= 11 is 0. The van der Waals surface area contributed by atoms with Gasteiger partial charge in [-0.1, -0.05) is 32.9 Å². The molecule has 4 nitrogen and oxygen atoms in total. The fraction of sp³-hybridized carbons (Fsp3) is 0.500. The van der Waals surface area contributed by atoms with Crippen LogP contribution in [0.3, 0.4) is 0 Å². The third kappa shape index (κ3) is 4.35. The van der Waals surface area contributed by atoms with Crippen molar-refractivity contribution in [3.63, 3.8) is 0 Å². The number of sulfone groups is 1. The van der Waals surface area contributed by atoms with Crippen LogP contribution in [0.15, 0.2) is 24.3 Å². The van der Waals surface area contributed by atoms with Gasteiger partial charge in [0, 0.05) is 11.9 Å². The van der Waals surface area contributed by atoms with Gasteiger partial charge in [-0.25, -0.2) is 8.42 Å². The fourth-order valence-electron chi connectivity index (χ4n) is 1.49. The summed E-state index contributed by atoms with van der Waals surface area (Å²) in [6, 6.07) is 7.43. The molecule has 0 saturated carbocycles. The van der Waals surface area contributed by atoms with Gasteiger partial charge in [0.2, 0.25) is 5.91 Å². The molecule has 5 heteroatoms. The van der Waals surface area contributed by atoms with E-state index >= 15 is 0 Å². The van der Waals surface area contributed by atoms with Gasteiger partial charge in [-0.15, -0.1) is 0 Å². The first kappa shape index (κ1) is 15.7. The van der Waals surface area contributed by atoms with Crippen LogP contribution >= 0.6 is 0 Å². The van der Waals surface area contributed by atoms with Crippen molar-refractivity contribution in [2.45, 2.75) is 38.4 Å². The molecule has 1 rings (SSSR count). The predicted molar refractivity (Wildman–Crippen MR) is 78.1 cm³/mol. The second-order valence-electron chi connectivity index (χ2n) is 5.79. The van der Waals surface area contributed by atoms with Gasteiger partial charge >= 0.3 is 0 Å². The lowest BCUT2D eigenvalue weighted by molar-refractivity contribution is -0.115. The van der Waals surface area contributed by atoms with Crippen molar-refractivity contribution < 1.29 is 13.2 Å². The molecule has 0 aliphatic heterocycles. The SMILES string of the molecule is C[C@@H](C(=O)Nc1ccc(C(C)(C)C)cc1)S(C)(=O)=O. The number of anilines is 1. The molecule has 0 bridgehead atoms. The monoisotopic (exact) mass is 283 g/mol. The first-order valence-electron chi connectivity index (χ1n) is 6.12. The number of amides is 1.